The van der Waals surface area contributed by atoms with Gasteiger partial charge in [0.1, 0.15) is 17.8 Å². The molecule has 34 heavy (non-hydrogen) atoms. The summed E-state index contributed by atoms with van der Waals surface area (Å²) in [5.41, 5.74) is 4.35. The Morgan fingerprint density at radius 1 is 1.03 bits per heavy atom. The summed E-state index contributed by atoms with van der Waals surface area (Å²) in [6.07, 6.45) is 3.21. The lowest BCUT2D eigenvalue weighted by atomic mass is 9.84. The predicted octanol–water partition coefficient (Wildman–Crippen LogP) is 4.67. The SMILES string of the molecule is Oc1ccc2c(c1)Oc1ncn3nc(CO/N=C/c4ccccc4)nc3c1C2c1ccccc1. The zero-order valence-corrected chi connectivity index (χ0v) is 17.9. The molecule has 0 fully saturated rings. The summed E-state index contributed by atoms with van der Waals surface area (Å²) in [6.45, 7) is 0.112. The Balaban J connectivity index is 1.38. The van der Waals surface area contributed by atoms with Gasteiger partial charge in [-0.2, -0.15) is 0 Å². The van der Waals surface area contributed by atoms with Crippen LogP contribution in [0.25, 0.3) is 5.65 Å². The van der Waals surface area contributed by atoms with Crippen LogP contribution in [0.4, 0.5) is 0 Å². The van der Waals surface area contributed by atoms with Crippen LogP contribution >= 0.6 is 0 Å². The molecule has 0 bridgehead atoms. The lowest BCUT2D eigenvalue weighted by Gasteiger charge is -2.27. The number of fused-ring (bicyclic) bond motifs is 4. The van der Waals surface area contributed by atoms with Gasteiger partial charge in [-0.3, -0.25) is 0 Å². The quantitative estimate of drug-likeness (QED) is 0.304. The smallest absolute Gasteiger partial charge is 0.228 e. The van der Waals surface area contributed by atoms with Crippen molar-refractivity contribution in [1.82, 2.24) is 19.6 Å². The summed E-state index contributed by atoms with van der Waals surface area (Å²) in [4.78, 5) is 14.6. The van der Waals surface area contributed by atoms with Gasteiger partial charge < -0.3 is 14.7 Å². The fourth-order valence-corrected chi connectivity index (χ4v) is 4.13. The lowest BCUT2D eigenvalue weighted by Crippen LogP contribution is -2.14. The van der Waals surface area contributed by atoms with Crippen LogP contribution in [0, 0.1) is 0 Å². The Labute approximate surface area is 194 Å². The minimum atomic E-state index is -0.189. The first-order valence-electron chi connectivity index (χ1n) is 10.8. The average molecular weight is 449 g/mol. The van der Waals surface area contributed by atoms with E-state index in [1.165, 1.54) is 0 Å². The van der Waals surface area contributed by atoms with E-state index in [0.717, 1.165) is 22.3 Å². The van der Waals surface area contributed by atoms with Gasteiger partial charge in [-0.05, 0) is 17.2 Å². The number of phenolic OH excluding ortho intramolecular Hbond substituents is 1. The maximum absolute atomic E-state index is 9.99. The van der Waals surface area contributed by atoms with Crippen molar-refractivity contribution in [3.05, 3.63) is 113 Å². The molecule has 8 heteroatoms. The minimum absolute atomic E-state index is 0.112. The fourth-order valence-electron chi connectivity index (χ4n) is 4.13. The number of phenols is 1. The molecule has 0 saturated heterocycles. The van der Waals surface area contributed by atoms with E-state index in [0.29, 0.717) is 23.1 Å². The predicted molar refractivity (Wildman–Crippen MR) is 125 cm³/mol. The van der Waals surface area contributed by atoms with Gasteiger partial charge in [0, 0.05) is 17.5 Å². The first kappa shape index (κ1) is 19.9. The van der Waals surface area contributed by atoms with E-state index in [-0.39, 0.29) is 18.3 Å². The Bertz CT molecular complexity index is 1500. The normalized spacial score (nSPS) is 14.5. The molecule has 0 spiro atoms. The second-order valence-electron chi connectivity index (χ2n) is 7.85. The largest absolute Gasteiger partial charge is 0.508 e. The number of nitrogens with zero attached hydrogens (tertiary/aromatic N) is 5. The van der Waals surface area contributed by atoms with Gasteiger partial charge in [-0.25, -0.2) is 14.5 Å². The highest BCUT2D eigenvalue weighted by atomic mass is 16.6. The molecule has 1 aliphatic rings. The van der Waals surface area contributed by atoms with Crippen molar-refractivity contribution in [2.24, 2.45) is 5.16 Å². The molecule has 3 aromatic carbocycles. The standard InChI is InChI=1S/C26H19N5O3/c32-19-11-12-20-21(13-19)34-26-24(23(20)18-9-5-2-6-10-18)25-29-22(30-31(25)16-27-26)15-33-28-14-17-7-3-1-4-8-17/h1-14,16,23,32H,15H2/b28-14+. The van der Waals surface area contributed by atoms with Crippen molar-refractivity contribution in [3.8, 4) is 17.4 Å². The molecule has 0 saturated carbocycles. The number of aromatic hydroxyl groups is 1. The van der Waals surface area contributed by atoms with Crippen LogP contribution in [0.2, 0.25) is 0 Å². The van der Waals surface area contributed by atoms with E-state index in [4.69, 9.17) is 14.6 Å². The van der Waals surface area contributed by atoms with Crippen molar-refractivity contribution in [1.29, 1.82) is 0 Å². The van der Waals surface area contributed by atoms with E-state index in [1.807, 2.05) is 54.6 Å². The molecule has 1 unspecified atom stereocenters. The van der Waals surface area contributed by atoms with Gasteiger partial charge in [-0.1, -0.05) is 71.9 Å². The second-order valence-corrected chi connectivity index (χ2v) is 7.85. The summed E-state index contributed by atoms with van der Waals surface area (Å²) in [5, 5.41) is 18.5. The first-order chi connectivity index (χ1) is 16.8. The highest BCUT2D eigenvalue weighted by molar-refractivity contribution is 5.78. The van der Waals surface area contributed by atoms with Crippen molar-refractivity contribution < 1.29 is 14.7 Å². The van der Waals surface area contributed by atoms with Gasteiger partial charge in [0.2, 0.25) is 5.88 Å². The molecular weight excluding hydrogens is 430 g/mol. The highest BCUT2D eigenvalue weighted by Crippen LogP contribution is 2.48. The molecule has 6 rings (SSSR count). The van der Waals surface area contributed by atoms with Crippen LogP contribution in [0.3, 0.4) is 0 Å². The molecule has 3 heterocycles. The molecule has 166 valence electrons. The number of aromatic nitrogens is 4. The van der Waals surface area contributed by atoms with Gasteiger partial charge in [-0.15, -0.1) is 5.10 Å². The lowest BCUT2D eigenvalue weighted by molar-refractivity contribution is 0.126. The maximum Gasteiger partial charge on any atom is 0.228 e. The molecule has 0 aliphatic carbocycles. The van der Waals surface area contributed by atoms with E-state index >= 15 is 0 Å². The maximum atomic E-state index is 9.99. The number of oxime groups is 1. The van der Waals surface area contributed by atoms with Gasteiger partial charge in [0.15, 0.2) is 18.1 Å². The molecule has 1 aliphatic heterocycles. The van der Waals surface area contributed by atoms with Crippen LogP contribution in [0.5, 0.6) is 17.4 Å². The summed E-state index contributed by atoms with van der Waals surface area (Å²) in [5.74, 6) is 1.42. The van der Waals surface area contributed by atoms with Crippen molar-refractivity contribution in [2.45, 2.75) is 12.5 Å². The Morgan fingerprint density at radius 2 is 1.82 bits per heavy atom. The molecule has 5 aromatic rings. The third-order valence-electron chi connectivity index (χ3n) is 5.64. The summed E-state index contributed by atoms with van der Waals surface area (Å²) in [6, 6.07) is 24.9. The molecule has 2 aromatic heterocycles. The number of ether oxygens (including phenoxy) is 1. The number of hydrogen-bond acceptors (Lipinski definition) is 7. The van der Waals surface area contributed by atoms with E-state index in [1.54, 1.807) is 29.2 Å². The molecule has 0 radical (unpaired) electrons. The molecular formula is C26H19N5O3. The number of benzene rings is 3. The van der Waals surface area contributed by atoms with Crippen molar-refractivity contribution in [2.75, 3.05) is 0 Å². The Hall–Kier alpha value is -4.72. The Morgan fingerprint density at radius 3 is 2.65 bits per heavy atom. The number of rotatable bonds is 5. The molecule has 0 amide bonds. The van der Waals surface area contributed by atoms with Crippen LogP contribution in [0.1, 0.15) is 34.0 Å². The van der Waals surface area contributed by atoms with E-state index in [2.05, 4.69) is 27.4 Å². The third kappa shape index (κ3) is 3.61. The van der Waals surface area contributed by atoms with Gasteiger partial charge >= 0.3 is 0 Å². The molecule has 8 nitrogen and oxygen atoms in total. The van der Waals surface area contributed by atoms with Gasteiger partial charge in [0.05, 0.1) is 11.8 Å². The summed E-state index contributed by atoms with van der Waals surface area (Å²) < 4.78 is 7.70. The van der Waals surface area contributed by atoms with Gasteiger partial charge in [0.25, 0.3) is 0 Å². The van der Waals surface area contributed by atoms with E-state index < -0.39 is 0 Å². The third-order valence-corrected chi connectivity index (χ3v) is 5.64. The fraction of sp³-hybridized carbons (Fsp3) is 0.0769. The zero-order chi connectivity index (χ0) is 22.9. The van der Waals surface area contributed by atoms with Crippen LogP contribution in [-0.4, -0.2) is 30.9 Å². The van der Waals surface area contributed by atoms with Crippen molar-refractivity contribution >= 4 is 11.9 Å². The topological polar surface area (TPSA) is 94.1 Å². The highest BCUT2D eigenvalue weighted by Gasteiger charge is 2.33. The monoisotopic (exact) mass is 449 g/mol. The number of hydrogen-bond donors (Lipinski definition) is 1. The first-order valence-corrected chi connectivity index (χ1v) is 10.8. The minimum Gasteiger partial charge on any atom is -0.508 e. The van der Waals surface area contributed by atoms with Crippen LogP contribution < -0.4 is 4.74 Å². The second kappa shape index (κ2) is 8.32. The van der Waals surface area contributed by atoms with Crippen LogP contribution in [-0.2, 0) is 11.4 Å². The zero-order valence-electron chi connectivity index (χ0n) is 17.9. The van der Waals surface area contributed by atoms with Crippen LogP contribution in [0.15, 0.2) is 90.3 Å². The van der Waals surface area contributed by atoms with Crippen molar-refractivity contribution in [3.63, 3.8) is 0 Å². The van der Waals surface area contributed by atoms with E-state index in [9.17, 15) is 5.11 Å². The Kier molecular flexibility index (Phi) is 4.88. The summed E-state index contributed by atoms with van der Waals surface area (Å²) >= 11 is 0. The molecule has 1 atom stereocenters. The summed E-state index contributed by atoms with van der Waals surface area (Å²) in [7, 11) is 0. The average Bonchev–Trinajstić information content (AvgIpc) is 3.29. The molecule has 1 N–H and O–H groups in total.